The van der Waals surface area contributed by atoms with Gasteiger partial charge in [0.2, 0.25) is 0 Å². The second kappa shape index (κ2) is 7.08. The van der Waals surface area contributed by atoms with Gasteiger partial charge in [0.15, 0.2) is 0 Å². The lowest BCUT2D eigenvalue weighted by Crippen LogP contribution is -2.08. The van der Waals surface area contributed by atoms with Crippen LogP contribution in [0.4, 0.5) is 5.69 Å². The topological polar surface area (TPSA) is 74.4 Å². The molecule has 0 fully saturated rings. The highest BCUT2D eigenvalue weighted by molar-refractivity contribution is 9.10. The molecule has 0 unspecified atom stereocenters. The summed E-state index contributed by atoms with van der Waals surface area (Å²) in [6.07, 6.45) is 3.38. The summed E-state index contributed by atoms with van der Waals surface area (Å²) in [6.45, 7) is 2.34. The van der Waals surface area contributed by atoms with Gasteiger partial charge in [-0.15, -0.1) is 0 Å². The fourth-order valence-corrected chi connectivity index (χ4v) is 2.14. The number of nitrogens with zero attached hydrogens (tertiary/aromatic N) is 1. The summed E-state index contributed by atoms with van der Waals surface area (Å²) in [5.74, 6) is -0.0340. The predicted octanol–water partition coefficient (Wildman–Crippen LogP) is 3.18. The Kier molecular flexibility index (Phi) is 5.16. The zero-order chi connectivity index (χ0) is 15.2. The van der Waals surface area contributed by atoms with Gasteiger partial charge in [0.05, 0.1) is 6.61 Å². The average molecular weight is 351 g/mol. The van der Waals surface area contributed by atoms with E-state index >= 15 is 0 Å². The highest BCUT2D eigenvalue weighted by Crippen LogP contribution is 2.24. The van der Waals surface area contributed by atoms with E-state index in [1.165, 1.54) is 0 Å². The van der Waals surface area contributed by atoms with Crippen LogP contribution in [0, 0.1) is 0 Å². The van der Waals surface area contributed by atoms with E-state index in [1.807, 2.05) is 6.07 Å². The van der Waals surface area contributed by atoms with Crippen molar-refractivity contribution in [1.82, 2.24) is 4.98 Å². The second-order valence-electron chi connectivity index (χ2n) is 4.28. The fourth-order valence-electron chi connectivity index (χ4n) is 1.73. The van der Waals surface area contributed by atoms with Crippen molar-refractivity contribution in [3.8, 4) is 5.75 Å². The van der Waals surface area contributed by atoms with Crippen LogP contribution in [0.25, 0.3) is 0 Å². The number of aromatic nitrogens is 1. The van der Waals surface area contributed by atoms with E-state index in [2.05, 4.69) is 20.9 Å². The Morgan fingerprint density at radius 1 is 1.33 bits per heavy atom. The van der Waals surface area contributed by atoms with Crippen molar-refractivity contribution in [2.75, 3.05) is 12.3 Å². The number of nitrogen functional groups attached to an aromatic ring is 1. The molecule has 1 aromatic carbocycles. The monoisotopic (exact) mass is 350 g/mol. The Hall–Kier alpha value is -2.08. The molecule has 1 heterocycles. The first kappa shape index (κ1) is 15.3. The van der Waals surface area contributed by atoms with Gasteiger partial charge in [0.25, 0.3) is 0 Å². The maximum atomic E-state index is 11.9. The largest absolute Gasteiger partial charge is 0.488 e. The summed E-state index contributed by atoms with van der Waals surface area (Å²) >= 11 is 3.35. The molecule has 1 aromatic heterocycles. The molecule has 0 aliphatic rings. The van der Waals surface area contributed by atoms with E-state index in [4.69, 9.17) is 15.2 Å². The normalized spacial score (nSPS) is 10.2. The van der Waals surface area contributed by atoms with Crippen molar-refractivity contribution in [2.45, 2.75) is 13.5 Å². The molecular weight excluding hydrogens is 336 g/mol. The van der Waals surface area contributed by atoms with Gasteiger partial charge in [-0.1, -0.05) is 0 Å². The van der Waals surface area contributed by atoms with Gasteiger partial charge in [0.1, 0.15) is 17.9 Å². The van der Waals surface area contributed by atoms with Crippen molar-refractivity contribution < 1.29 is 14.3 Å². The first-order valence-electron chi connectivity index (χ1n) is 6.39. The molecule has 0 bridgehead atoms. The van der Waals surface area contributed by atoms with Crippen LogP contribution in [0.3, 0.4) is 0 Å². The smallest absolute Gasteiger partial charge is 0.341 e. The molecule has 0 aliphatic carbocycles. The zero-order valence-corrected chi connectivity index (χ0v) is 13.1. The summed E-state index contributed by atoms with van der Waals surface area (Å²) < 4.78 is 11.5. The molecule has 5 nitrogen and oxygen atoms in total. The van der Waals surface area contributed by atoms with Crippen LogP contribution < -0.4 is 10.5 Å². The summed E-state index contributed by atoms with van der Waals surface area (Å²) in [5, 5.41) is 0. The standard InChI is InChI=1S/C15H15BrN2O3/c1-2-20-15(19)13-4-3-12(17)6-14(13)21-9-10-5-11(16)8-18-7-10/h3-8H,2,9,17H2,1H3. The van der Waals surface area contributed by atoms with Crippen LogP contribution in [-0.2, 0) is 11.3 Å². The number of hydrogen-bond donors (Lipinski definition) is 1. The molecule has 110 valence electrons. The van der Waals surface area contributed by atoms with Gasteiger partial charge >= 0.3 is 5.97 Å². The third kappa shape index (κ3) is 4.19. The molecule has 2 N–H and O–H groups in total. The quantitative estimate of drug-likeness (QED) is 0.662. The van der Waals surface area contributed by atoms with Crippen molar-refractivity contribution >= 4 is 27.6 Å². The van der Waals surface area contributed by atoms with Crippen molar-refractivity contribution in [3.63, 3.8) is 0 Å². The summed E-state index contributed by atoms with van der Waals surface area (Å²) in [5.41, 5.74) is 7.49. The van der Waals surface area contributed by atoms with Gasteiger partial charge in [0, 0.05) is 34.2 Å². The van der Waals surface area contributed by atoms with Gasteiger partial charge in [-0.05, 0) is 41.1 Å². The molecule has 0 saturated heterocycles. The molecule has 0 radical (unpaired) electrons. The van der Waals surface area contributed by atoms with E-state index in [0.29, 0.717) is 23.6 Å². The number of hydrogen-bond acceptors (Lipinski definition) is 5. The lowest BCUT2D eigenvalue weighted by Gasteiger charge is -2.11. The Bertz CT molecular complexity index is 647. The van der Waals surface area contributed by atoms with E-state index in [1.54, 1.807) is 37.5 Å². The molecule has 2 aromatic rings. The summed E-state index contributed by atoms with van der Waals surface area (Å²) in [4.78, 5) is 15.9. The molecule has 0 saturated carbocycles. The molecule has 0 atom stereocenters. The Balaban J connectivity index is 2.18. The van der Waals surface area contributed by atoms with E-state index < -0.39 is 5.97 Å². The SMILES string of the molecule is CCOC(=O)c1ccc(N)cc1OCc1cncc(Br)c1. The van der Waals surface area contributed by atoms with Crippen molar-refractivity contribution in [2.24, 2.45) is 0 Å². The van der Waals surface area contributed by atoms with E-state index in [9.17, 15) is 4.79 Å². The van der Waals surface area contributed by atoms with Gasteiger partial charge in [-0.3, -0.25) is 4.98 Å². The Morgan fingerprint density at radius 2 is 2.14 bits per heavy atom. The van der Waals surface area contributed by atoms with E-state index in [0.717, 1.165) is 10.0 Å². The van der Waals surface area contributed by atoms with Crippen LogP contribution in [0.1, 0.15) is 22.8 Å². The van der Waals surface area contributed by atoms with Crippen LogP contribution in [-0.4, -0.2) is 17.6 Å². The number of carbonyl (C=O) groups excluding carboxylic acids is 1. The molecule has 21 heavy (non-hydrogen) atoms. The lowest BCUT2D eigenvalue weighted by atomic mass is 10.2. The number of pyridine rings is 1. The second-order valence-corrected chi connectivity index (χ2v) is 5.19. The molecule has 2 rings (SSSR count). The number of nitrogens with two attached hydrogens (primary N) is 1. The van der Waals surface area contributed by atoms with Gasteiger partial charge in [-0.25, -0.2) is 4.79 Å². The Morgan fingerprint density at radius 3 is 2.86 bits per heavy atom. The number of ether oxygens (including phenoxy) is 2. The number of benzene rings is 1. The number of rotatable bonds is 5. The Labute approximate surface area is 131 Å². The van der Waals surface area contributed by atoms with Crippen LogP contribution in [0.2, 0.25) is 0 Å². The highest BCUT2D eigenvalue weighted by atomic mass is 79.9. The molecule has 6 heteroatoms. The first-order valence-corrected chi connectivity index (χ1v) is 7.18. The van der Waals surface area contributed by atoms with Gasteiger partial charge in [-0.2, -0.15) is 0 Å². The number of esters is 1. The van der Waals surface area contributed by atoms with Crippen LogP contribution in [0.15, 0.2) is 41.1 Å². The highest BCUT2D eigenvalue weighted by Gasteiger charge is 2.14. The first-order chi connectivity index (χ1) is 10.1. The molecular formula is C15H15BrN2O3. The summed E-state index contributed by atoms with van der Waals surface area (Å²) in [7, 11) is 0. The molecule has 0 amide bonds. The van der Waals surface area contributed by atoms with Crippen molar-refractivity contribution in [1.29, 1.82) is 0 Å². The predicted molar refractivity (Wildman–Crippen MR) is 83.1 cm³/mol. The van der Waals surface area contributed by atoms with E-state index in [-0.39, 0.29) is 6.61 Å². The van der Waals surface area contributed by atoms with Gasteiger partial charge < -0.3 is 15.2 Å². The summed E-state index contributed by atoms with van der Waals surface area (Å²) in [6, 6.07) is 6.74. The van der Waals surface area contributed by atoms with Crippen LogP contribution >= 0.6 is 15.9 Å². The fraction of sp³-hybridized carbons (Fsp3) is 0.200. The van der Waals surface area contributed by atoms with Crippen LogP contribution in [0.5, 0.6) is 5.75 Å². The third-order valence-corrected chi connectivity index (χ3v) is 3.09. The third-order valence-electron chi connectivity index (χ3n) is 2.66. The molecule has 0 spiro atoms. The minimum atomic E-state index is -0.431. The van der Waals surface area contributed by atoms with Crippen molar-refractivity contribution in [3.05, 3.63) is 52.3 Å². The number of anilines is 1. The average Bonchev–Trinajstić information content (AvgIpc) is 2.45. The number of carbonyl (C=O) groups is 1. The zero-order valence-electron chi connectivity index (χ0n) is 11.5. The lowest BCUT2D eigenvalue weighted by molar-refractivity contribution is 0.0521. The maximum Gasteiger partial charge on any atom is 0.341 e. The minimum absolute atomic E-state index is 0.280. The molecule has 0 aliphatic heterocycles. The number of halogens is 1. The minimum Gasteiger partial charge on any atom is -0.488 e. The maximum absolute atomic E-state index is 11.9.